The predicted molar refractivity (Wildman–Crippen MR) is 75.5 cm³/mol. The van der Waals surface area contributed by atoms with E-state index in [0.29, 0.717) is 25.9 Å². The molecule has 116 valence electrons. The van der Waals surface area contributed by atoms with E-state index < -0.39 is 0 Å². The van der Waals surface area contributed by atoms with Crippen LogP contribution in [0, 0.1) is 25.7 Å². The molecule has 0 aliphatic carbocycles. The summed E-state index contributed by atoms with van der Waals surface area (Å²) in [5.41, 5.74) is 1.84. The highest BCUT2D eigenvalue weighted by molar-refractivity contribution is 5.79. The van der Waals surface area contributed by atoms with E-state index in [4.69, 9.17) is 9.26 Å². The van der Waals surface area contributed by atoms with Crippen molar-refractivity contribution in [3.63, 3.8) is 0 Å². The quantitative estimate of drug-likeness (QED) is 0.787. The molecule has 21 heavy (non-hydrogen) atoms. The van der Waals surface area contributed by atoms with Crippen molar-refractivity contribution >= 4 is 11.9 Å². The van der Waals surface area contributed by atoms with E-state index in [1.54, 1.807) is 4.90 Å². The van der Waals surface area contributed by atoms with Gasteiger partial charge in [-0.1, -0.05) is 12.1 Å². The van der Waals surface area contributed by atoms with Crippen LogP contribution in [0.5, 0.6) is 0 Å². The van der Waals surface area contributed by atoms with E-state index in [9.17, 15) is 9.59 Å². The summed E-state index contributed by atoms with van der Waals surface area (Å²) in [6.45, 7) is 6.77. The predicted octanol–water partition coefficient (Wildman–Crippen LogP) is 1.49. The molecule has 0 spiro atoms. The summed E-state index contributed by atoms with van der Waals surface area (Å²) >= 11 is 0. The average Bonchev–Trinajstić information content (AvgIpc) is 2.99. The molecule has 1 aromatic heterocycles. The molecule has 2 atom stereocenters. The summed E-state index contributed by atoms with van der Waals surface area (Å²) in [6, 6.07) is 0. The van der Waals surface area contributed by atoms with Gasteiger partial charge in [0.15, 0.2) is 0 Å². The fourth-order valence-corrected chi connectivity index (χ4v) is 2.88. The molecule has 1 fully saturated rings. The zero-order valence-electron chi connectivity index (χ0n) is 13.0. The number of amides is 1. The monoisotopic (exact) mass is 294 g/mol. The van der Waals surface area contributed by atoms with Gasteiger partial charge in [-0.3, -0.25) is 9.59 Å². The fraction of sp³-hybridized carbons (Fsp3) is 0.667. The number of aromatic nitrogens is 1. The van der Waals surface area contributed by atoms with Crippen LogP contribution in [0.4, 0.5) is 0 Å². The van der Waals surface area contributed by atoms with Gasteiger partial charge in [0.1, 0.15) is 5.76 Å². The van der Waals surface area contributed by atoms with Gasteiger partial charge in [-0.2, -0.15) is 0 Å². The molecule has 2 heterocycles. The number of methoxy groups -OCH3 is 1. The molecule has 1 aliphatic heterocycles. The SMILES string of the molecule is COC(=O)C1CN(C(=O)CCc2c(C)noc2C)CC1C. The summed E-state index contributed by atoms with van der Waals surface area (Å²) < 4.78 is 9.88. The van der Waals surface area contributed by atoms with Crippen molar-refractivity contribution < 1.29 is 18.8 Å². The number of carbonyl (C=O) groups is 2. The van der Waals surface area contributed by atoms with Crippen molar-refractivity contribution in [2.45, 2.75) is 33.6 Å². The van der Waals surface area contributed by atoms with E-state index >= 15 is 0 Å². The Bertz CT molecular complexity index is 518. The van der Waals surface area contributed by atoms with Crippen molar-refractivity contribution in [2.75, 3.05) is 20.2 Å². The molecule has 2 rings (SSSR count). The Labute approximate surface area is 124 Å². The number of nitrogens with zero attached hydrogens (tertiary/aromatic N) is 2. The Morgan fingerprint density at radius 1 is 1.38 bits per heavy atom. The van der Waals surface area contributed by atoms with Crippen LogP contribution in [0.25, 0.3) is 0 Å². The highest BCUT2D eigenvalue weighted by Gasteiger charge is 2.37. The van der Waals surface area contributed by atoms with Crippen LogP contribution in [0.2, 0.25) is 0 Å². The lowest BCUT2D eigenvalue weighted by atomic mass is 9.99. The molecule has 1 aromatic rings. The average molecular weight is 294 g/mol. The van der Waals surface area contributed by atoms with Gasteiger partial charge in [0.2, 0.25) is 5.91 Å². The zero-order chi connectivity index (χ0) is 15.6. The first kappa shape index (κ1) is 15.5. The Kier molecular flexibility index (Phi) is 4.65. The van der Waals surface area contributed by atoms with Crippen LogP contribution < -0.4 is 0 Å². The highest BCUT2D eigenvalue weighted by Crippen LogP contribution is 2.25. The first-order valence-corrected chi connectivity index (χ1v) is 7.21. The first-order chi connectivity index (χ1) is 9.93. The second-order valence-electron chi connectivity index (χ2n) is 5.71. The Hall–Kier alpha value is -1.85. The molecule has 0 bridgehead atoms. The topological polar surface area (TPSA) is 72.6 Å². The van der Waals surface area contributed by atoms with E-state index in [1.165, 1.54) is 7.11 Å². The second kappa shape index (κ2) is 6.28. The fourth-order valence-electron chi connectivity index (χ4n) is 2.88. The molecule has 6 nitrogen and oxygen atoms in total. The Morgan fingerprint density at radius 3 is 2.67 bits per heavy atom. The number of likely N-dealkylation sites (tertiary alicyclic amines) is 1. The summed E-state index contributed by atoms with van der Waals surface area (Å²) in [5.74, 6) is 0.526. The molecule has 1 aliphatic rings. The van der Waals surface area contributed by atoms with Crippen LogP contribution in [0.3, 0.4) is 0 Å². The Balaban J connectivity index is 1.92. The smallest absolute Gasteiger partial charge is 0.310 e. The van der Waals surface area contributed by atoms with Gasteiger partial charge in [-0.15, -0.1) is 0 Å². The minimum Gasteiger partial charge on any atom is -0.469 e. The maximum absolute atomic E-state index is 12.3. The number of rotatable bonds is 4. The highest BCUT2D eigenvalue weighted by atomic mass is 16.5. The van der Waals surface area contributed by atoms with Crippen molar-refractivity contribution in [2.24, 2.45) is 11.8 Å². The zero-order valence-corrected chi connectivity index (χ0v) is 13.0. The molecule has 1 amide bonds. The van der Waals surface area contributed by atoms with E-state index in [1.807, 2.05) is 20.8 Å². The van der Waals surface area contributed by atoms with E-state index in [0.717, 1.165) is 17.0 Å². The minimum absolute atomic E-state index is 0.0632. The van der Waals surface area contributed by atoms with E-state index in [-0.39, 0.29) is 23.7 Å². The summed E-state index contributed by atoms with van der Waals surface area (Å²) in [5, 5.41) is 3.89. The summed E-state index contributed by atoms with van der Waals surface area (Å²) in [6.07, 6.45) is 1.03. The summed E-state index contributed by atoms with van der Waals surface area (Å²) in [7, 11) is 1.39. The minimum atomic E-state index is -0.233. The van der Waals surface area contributed by atoms with Crippen LogP contribution >= 0.6 is 0 Å². The maximum Gasteiger partial charge on any atom is 0.310 e. The van der Waals surface area contributed by atoms with E-state index in [2.05, 4.69) is 5.16 Å². The number of hydrogen-bond donors (Lipinski definition) is 0. The molecule has 2 unspecified atom stereocenters. The Morgan fingerprint density at radius 2 is 2.10 bits per heavy atom. The summed E-state index contributed by atoms with van der Waals surface area (Å²) in [4.78, 5) is 25.7. The van der Waals surface area contributed by atoms with Gasteiger partial charge in [-0.25, -0.2) is 0 Å². The van der Waals surface area contributed by atoms with Gasteiger partial charge < -0.3 is 14.2 Å². The van der Waals surface area contributed by atoms with Gasteiger partial charge in [0.25, 0.3) is 0 Å². The number of carbonyl (C=O) groups excluding carboxylic acids is 2. The van der Waals surface area contributed by atoms with Gasteiger partial charge >= 0.3 is 5.97 Å². The van der Waals surface area contributed by atoms with Gasteiger partial charge in [-0.05, 0) is 26.2 Å². The molecule has 1 saturated heterocycles. The molecular formula is C15H22N2O4. The maximum atomic E-state index is 12.3. The van der Waals surface area contributed by atoms with Crippen LogP contribution in [0.15, 0.2) is 4.52 Å². The number of esters is 1. The molecule has 0 aromatic carbocycles. The molecular weight excluding hydrogens is 272 g/mol. The van der Waals surface area contributed by atoms with Crippen molar-refractivity contribution in [3.8, 4) is 0 Å². The lowest BCUT2D eigenvalue weighted by Gasteiger charge is -2.15. The molecule has 0 saturated carbocycles. The van der Waals surface area contributed by atoms with Crippen molar-refractivity contribution in [1.82, 2.24) is 10.1 Å². The normalized spacial score (nSPS) is 21.6. The number of ether oxygens (including phenoxy) is 1. The van der Waals surface area contributed by atoms with Crippen LogP contribution in [0.1, 0.15) is 30.4 Å². The number of aryl methyl sites for hydroxylation is 2. The third-order valence-corrected chi connectivity index (χ3v) is 4.24. The molecule has 0 radical (unpaired) electrons. The lowest BCUT2D eigenvalue weighted by Crippen LogP contribution is -2.30. The number of hydrogen-bond acceptors (Lipinski definition) is 5. The first-order valence-electron chi connectivity index (χ1n) is 7.21. The third kappa shape index (κ3) is 3.25. The van der Waals surface area contributed by atoms with Crippen molar-refractivity contribution in [3.05, 3.63) is 17.0 Å². The molecule has 0 N–H and O–H groups in total. The molecule has 6 heteroatoms. The van der Waals surface area contributed by atoms with Gasteiger partial charge in [0, 0.05) is 25.1 Å². The standard InChI is InChI=1S/C15H22N2O4/c1-9-7-17(8-13(9)15(19)20-4)14(18)6-5-12-10(2)16-21-11(12)3/h9,13H,5-8H2,1-4H3. The van der Waals surface area contributed by atoms with Crippen LogP contribution in [-0.2, 0) is 20.7 Å². The largest absolute Gasteiger partial charge is 0.469 e. The third-order valence-electron chi connectivity index (χ3n) is 4.24. The van der Waals surface area contributed by atoms with Crippen molar-refractivity contribution in [1.29, 1.82) is 0 Å². The van der Waals surface area contributed by atoms with Gasteiger partial charge in [0.05, 0.1) is 18.7 Å². The lowest BCUT2D eigenvalue weighted by molar-refractivity contribution is -0.146. The second-order valence-corrected chi connectivity index (χ2v) is 5.71. The van der Waals surface area contributed by atoms with Crippen LogP contribution in [-0.4, -0.2) is 42.1 Å².